The summed E-state index contributed by atoms with van der Waals surface area (Å²) in [5.41, 5.74) is 7.24. The zero-order valence-corrected chi connectivity index (χ0v) is 18.2. The highest BCUT2D eigenvalue weighted by Gasteiger charge is 2.30. The summed E-state index contributed by atoms with van der Waals surface area (Å²) in [5, 5.41) is 26.3. The van der Waals surface area contributed by atoms with Crippen LogP contribution >= 0.6 is 0 Å². The monoisotopic (exact) mass is 423 g/mol. The molecule has 0 fully saturated rings. The van der Waals surface area contributed by atoms with Gasteiger partial charge in [0, 0.05) is 23.9 Å². The zero-order chi connectivity index (χ0) is 22.9. The first-order chi connectivity index (χ1) is 14.5. The summed E-state index contributed by atoms with van der Waals surface area (Å²) >= 11 is 0. The van der Waals surface area contributed by atoms with Gasteiger partial charge in [0.15, 0.2) is 0 Å². The highest BCUT2D eigenvalue weighted by molar-refractivity contribution is 5.89. The molecule has 1 aliphatic heterocycles. The quantitative estimate of drug-likeness (QED) is 0.384. The molecule has 0 saturated carbocycles. The lowest BCUT2D eigenvalue weighted by molar-refractivity contribution is -0.393. The van der Waals surface area contributed by atoms with E-state index in [0.29, 0.717) is 0 Å². The maximum absolute atomic E-state index is 11.3. The fraction of sp³-hybridized carbons (Fsp3) is 0.318. The molecule has 31 heavy (non-hydrogen) atoms. The summed E-state index contributed by atoms with van der Waals surface area (Å²) in [6, 6.07) is 7.58. The number of anilines is 2. The second-order valence-electron chi connectivity index (χ2n) is 8.04. The number of fused-ring (bicyclic) bond motifs is 1. The molecule has 0 radical (unpaired) electrons. The van der Waals surface area contributed by atoms with Crippen molar-refractivity contribution in [3.05, 3.63) is 73.3 Å². The van der Waals surface area contributed by atoms with E-state index in [1.807, 2.05) is 6.92 Å². The number of nitro benzene ring substituents is 2. The largest absolute Gasteiger partial charge is 0.363 e. The van der Waals surface area contributed by atoms with Crippen molar-refractivity contribution in [3.63, 3.8) is 0 Å². The Kier molecular flexibility index (Phi) is 5.79. The Balaban J connectivity index is 1.92. The van der Waals surface area contributed by atoms with Crippen LogP contribution in [0.2, 0.25) is 0 Å². The number of hydrogen-bond acceptors (Lipinski definition) is 7. The minimum absolute atomic E-state index is 0.0791. The van der Waals surface area contributed by atoms with Gasteiger partial charge in [-0.3, -0.25) is 25.7 Å². The number of likely N-dealkylation sites (N-methyl/N-ethyl adjacent to an activating group) is 1. The molecule has 2 aromatic rings. The van der Waals surface area contributed by atoms with E-state index in [2.05, 4.69) is 61.3 Å². The van der Waals surface area contributed by atoms with E-state index in [1.54, 1.807) is 6.21 Å². The van der Waals surface area contributed by atoms with Crippen molar-refractivity contribution in [2.24, 2.45) is 5.10 Å². The van der Waals surface area contributed by atoms with Gasteiger partial charge in [-0.1, -0.05) is 6.08 Å². The molecule has 1 N–H and O–H groups in total. The van der Waals surface area contributed by atoms with Crippen molar-refractivity contribution in [2.75, 3.05) is 16.9 Å². The second-order valence-corrected chi connectivity index (χ2v) is 8.04. The number of hydrogen-bond donors (Lipinski definition) is 1. The number of hydrazone groups is 1. The first-order valence-corrected chi connectivity index (χ1v) is 9.89. The van der Waals surface area contributed by atoms with Gasteiger partial charge in [-0.15, -0.1) is 0 Å². The van der Waals surface area contributed by atoms with Crippen molar-refractivity contribution in [2.45, 2.75) is 40.2 Å². The number of nitrogens with zero attached hydrogens (tertiary/aromatic N) is 4. The van der Waals surface area contributed by atoms with Crippen molar-refractivity contribution in [1.82, 2.24) is 0 Å². The van der Waals surface area contributed by atoms with Crippen LogP contribution in [-0.2, 0) is 0 Å². The SMILES string of the molecule is CCN1c2cc(C)c(/C=N/Nc3ccc([N+](=O)[O-])cc3[N+](=O)[O-])cc2C(C)=CC1(C)C. The molecule has 0 spiro atoms. The van der Waals surface area contributed by atoms with Crippen LogP contribution in [0, 0.1) is 27.2 Å². The maximum atomic E-state index is 11.3. The van der Waals surface area contributed by atoms with Gasteiger partial charge in [0.05, 0.1) is 27.7 Å². The van der Waals surface area contributed by atoms with E-state index in [4.69, 9.17) is 0 Å². The number of rotatable bonds is 6. The van der Waals surface area contributed by atoms with Crippen LogP contribution < -0.4 is 10.3 Å². The fourth-order valence-corrected chi connectivity index (χ4v) is 4.01. The smallest absolute Gasteiger partial charge is 0.301 e. The fourth-order valence-electron chi connectivity index (χ4n) is 4.01. The third-order valence-electron chi connectivity index (χ3n) is 5.46. The van der Waals surface area contributed by atoms with Gasteiger partial charge in [-0.2, -0.15) is 5.10 Å². The van der Waals surface area contributed by atoms with E-state index in [0.717, 1.165) is 29.3 Å². The van der Waals surface area contributed by atoms with Crippen LogP contribution in [0.3, 0.4) is 0 Å². The van der Waals surface area contributed by atoms with E-state index in [9.17, 15) is 20.2 Å². The van der Waals surface area contributed by atoms with Gasteiger partial charge in [0.25, 0.3) is 5.69 Å². The summed E-state index contributed by atoms with van der Waals surface area (Å²) in [6.45, 7) is 11.5. The topological polar surface area (TPSA) is 114 Å². The first-order valence-electron chi connectivity index (χ1n) is 9.89. The Bertz CT molecular complexity index is 1120. The molecule has 0 aliphatic carbocycles. The maximum Gasteiger partial charge on any atom is 0.301 e. The highest BCUT2D eigenvalue weighted by Crippen LogP contribution is 2.40. The van der Waals surface area contributed by atoms with Crippen molar-refractivity contribution < 1.29 is 9.85 Å². The number of aryl methyl sites for hydroxylation is 1. The van der Waals surface area contributed by atoms with Gasteiger partial charge in [-0.25, -0.2) is 0 Å². The predicted molar refractivity (Wildman–Crippen MR) is 123 cm³/mol. The predicted octanol–water partition coefficient (Wildman–Crippen LogP) is 5.28. The minimum Gasteiger partial charge on any atom is -0.363 e. The van der Waals surface area contributed by atoms with Gasteiger partial charge >= 0.3 is 5.69 Å². The molecule has 9 nitrogen and oxygen atoms in total. The van der Waals surface area contributed by atoms with Crippen molar-refractivity contribution >= 4 is 34.5 Å². The first kappa shape index (κ1) is 21.9. The number of nitro groups is 2. The van der Waals surface area contributed by atoms with Crippen LogP contribution in [-0.4, -0.2) is 28.1 Å². The number of nitrogens with one attached hydrogen (secondary N) is 1. The van der Waals surface area contributed by atoms with Crippen LogP contribution in [0.25, 0.3) is 5.57 Å². The van der Waals surface area contributed by atoms with Crippen LogP contribution in [0.4, 0.5) is 22.7 Å². The Morgan fingerprint density at radius 1 is 1.13 bits per heavy atom. The molecule has 0 atom stereocenters. The van der Waals surface area contributed by atoms with Crippen LogP contribution in [0.1, 0.15) is 44.4 Å². The molecule has 0 unspecified atom stereocenters. The summed E-state index contributed by atoms with van der Waals surface area (Å²) in [4.78, 5) is 23.1. The summed E-state index contributed by atoms with van der Waals surface area (Å²) in [6.07, 6.45) is 3.84. The summed E-state index contributed by atoms with van der Waals surface area (Å²) in [5.74, 6) is 0. The Morgan fingerprint density at radius 3 is 2.45 bits per heavy atom. The van der Waals surface area contributed by atoms with E-state index in [1.165, 1.54) is 23.4 Å². The van der Waals surface area contributed by atoms with Crippen LogP contribution in [0.15, 0.2) is 41.5 Å². The molecule has 0 bridgehead atoms. The molecular formula is C22H25N5O4. The van der Waals surface area contributed by atoms with Crippen LogP contribution in [0.5, 0.6) is 0 Å². The summed E-state index contributed by atoms with van der Waals surface area (Å²) < 4.78 is 0. The molecule has 1 aliphatic rings. The Labute approximate surface area is 180 Å². The number of non-ortho nitro benzene ring substituents is 1. The highest BCUT2D eigenvalue weighted by atomic mass is 16.6. The number of allylic oxidation sites excluding steroid dienone is 1. The molecular weight excluding hydrogens is 398 g/mol. The molecule has 0 saturated heterocycles. The molecule has 0 aromatic heterocycles. The Hall–Kier alpha value is -3.75. The minimum atomic E-state index is -0.676. The van der Waals surface area contributed by atoms with Gasteiger partial charge in [0.2, 0.25) is 0 Å². The third kappa shape index (κ3) is 4.25. The second kappa shape index (κ2) is 8.17. The molecule has 162 valence electrons. The third-order valence-corrected chi connectivity index (χ3v) is 5.46. The lowest BCUT2D eigenvalue weighted by Gasteiger charge is -2.43. The van der Waals surface area contributed by atoms with Gasteiger partial charge in [-0.05, 0) is 69.5 Å². The van der Waals surface area contributed by atoms with Gasteiger partial charge in [0.1, 0.15) is 5.69 Å². The average molecular weight is 423 g/mol. The number of benzene rings is 2. The Morgan fingerprint density at radius 2 is 1.84 bits per heavy atom. The lowest BCUT2D eigenvalue weighted by atomic mass is 9.87. The molecule has 1 heterocycles. The van der Waals surface area contributed by atoms with Crippen molar-refractivity contribution in [1.29, 1.82) is 0 Å². The molecule has 2 aromatic carbocycles. The standard InChI is InChI=1S/C22H25N5O4/c1-6-25-20-9-14(2)16(10-18(20)15(3)12-22(25,4)5)13-23-24-19-8-7-17(26(28)29)11-21(19)27(30)31/h7-13,24H,6H2,1-5H3/b23-13+. The lowest BCUT2D eigenvalue weighted by Crippen LogP contribution is -2.45. The van der Waals surface area contributed by atoms with Crippen molar-refractivity contribution in [3.8, 4) is 0 Å². The molecule has 9 heteroatoms. The van der Waals surface area contributed by atoms with E-state index < -0.39 is 15.5 Å². The van der Waals surface area contributed by atoms with E-state index in [-0.39, 0.29) is 16.9 Å². The normalized spacial score (nSPS) is 14.9. The molecule has 0 amide bonds. The zero-order valence-electron chi connectivity index (χ0n) is 18.2. The van der Waals surface area contributed by atoms with Gasteiger partial charge < -0.3 is 4.90 Å². The molecule has 3 rings (SSSR count). The van der Waals surface area contributed by atoms with E-state index >= 15 is 0 Å². The summed E-state index contributed by atoms with van der Waals surface area (Å²) in [7, 11) is 0. The average Bonchev–Trinajstić information content (AvgIpc) is 2.68.